The summed E-state index contributed by atoms with van der Waals surface area (Å²) in [6, 6.07) is 0.316. The van der Waals surface area contributed by atoms with Crippen molar-refractivity contribution in [1.82, 2.24) is 15.3 Å². The lowest BCUT2D eigenvalue weighted by molar-refractivity contribution is 0.149. The molecule has 0 aliphatic rings. The van der Waals surface area contributed by atoms with Crippen molar-refractivity contribution < 1.29 is 4.74 Å². The van der Waals surface area contributed by atoms with Gasteiger partial charge in [0.05, 0.1) is 0 Å². The summed E-state index contributed by atoms with van der Waals surface area (Å²) in [5.74, 6) is 0.522. The van der Waals surface area contributed by atoms with E-state index in [1.807, 2.05) is 12.4 Å². The van der Waals surface area contributed by atoms with Crippen LogP contribution in [0.1, 0.15) is 31.9 Å². The summed E-state index contributed by atoms with van der Waals surface area (Å²) in [5.41, 5.74) is 1.15. The van der Waals surface area contributed by atoms with Crippen LogP contribution in [0.15, 0.2) is 18.7 Å². The van der Waals surface area contributed by atoms with Gasteiger partial charge in [-0.25, -0.2) is 9.97 Å². The van der Waals surface area contributed by atoms with Crippen molar-refractivity contribution in [3.63, 3.8) is 0 Å². The average molecular weight is 223 g/mol. The van der Waals surface area contributed by atoms with Gasteiger partial charge in [-0.2, -0.15) is 0 Å². The maximum Gasteiger partial charge on any atom is 0.115 e. The second-order valence-electron chi connectivity index (χ2n) is 4.08. The van der Waals surface area contributed by atoms with E-state index in [-0.39, 0.29) is 0 Å². The zero-order valence-electron chi connectivity index (χ0n) is 10.3. The molecule has 0 spiro atoms. The normalized spacial score (nSPS) is 14.7. The molecule has 1 N–H and O–H groups in total. The molecule has 0 aromatic carbocycles. The average Bonchev–Trinajstić information content (AvgIpc) is 2.30. The zero-order chi connectivity index (χ0) is 11.8. The molecule has 90 valence electrons. The van der Waals surface area contributed by atoms with Gasteiger partial charge in [0.25, 0.3) is 0 Å². The summed E-state index contributed by atoms with van der Waals surface area (Å²) >= 11 is 0. The number of nitrogens with one attached hydrogen (secondary N) is 1. The van der Waals surface area contributed by atoms with E-state index < -0.39 is 0 Å². The number of methoxy groups -OCH3 is 1. The second-order valence-corrected chi connectivity index (χ2v) is 4.08. The van der Waals surface area contributed by atoms with Crippen LogP contribution in [0.4, 0.5) is 0 Å². The van der Waals surface area contributed by atoms with Gasteiger partial charge in [-0.1, -0.05) is 13.8 Å². The van der Waals surface area contributed by atoms with Crippen molar-refractivity contribution in [2.45, 2.75) is 26.3 Å². The highest BCUT2D eigenvalue weighted by molar-refractivity contribution is 5.09. The van der Waals surface area contributed by atoms with E-state index in [9.17, 15) is 0 Å². The minimum absolute atomic E-state index is 0.316. The van der Waals surface area contributed by atoms with Gasteiger partial charge in [-0.3, -0.25) is 0 Å². The molecule has 0 amide bonds. The Hall–Kier alpha value is -1.00. The van der Waals surface area contributed by atoms with Gasteiger partial charge in [0.2, 0.25) is 0 Å². The van der Waals surface area contributed by atoms with Crippen molar-refractivity contribution in [2.75, 3.05) is 20.3 Å². The van der Waals surface area contributed by atoms with E-state index in [2.05, 4.69) is 29.1 Å². The van der Waals surface area contributed by atoms with Gasteiger partial charge in [0, 0.05) is 37.7 Å². The molecule has 1 rings (SSSR count). The highest BCUT2D eigenvalue weighted by Gasteiger charge is 2.14. The zero-order valence-corrected chi connectivity index (χ0v) is 10.3. The highest BCUT2D eigenvalue weighted by atomic mass is 16.5. The molecule has 1 aromatic rings. The van der Waals surface area contributed by atoms with Crippen molar-refractivity contribution in [2.24, 2.45) is 5.92 Å². The Labute approximate surface area is 97.5 Å². The van der Waals surface area contributed by atoms with Gasteiger partial charge in [0.1, 0.15) is 6.33 Å². The third-order valence-electron chi connectivity index (χ3n) is 2.52. The number of ether oxygens (including phenoxy) is 1. The molecular formula is C12H21N3O. The minimum Gasteiger partial charge on any atom is -0.384 e. The van der Waals surface area contributed by atoms with Crippen LogP contribution in [0.2, 0.25) is 0 Å². The molecule has 0 saturated heterocycles. The predicted molar refractivity (Wildman–Crippen MR) is 64.1 cm³/mol. The van der Waals surface area contributed by atoms with E-state index in [0.29, 0.717) is 12.0 Å². The van der Waals surface area contributed by atoms with E-state index >= 15 is 0 Å². The Kier molecular flexibility index (Phi) is 5.96. The minimum atomic E-state index is 0.316. The Morgan fingerprint density at radius 1 is 1.38 bits per heavy atom. The first-order chi connectivity index (χ1) is 7.77. The first-order valence-electron chi connectivity index (χ1n) is 5.75. The van der Waals surface area contributed by atoms with Crippen molar-refractivity contribution >= 4 is 0 Å². The van der Waals surface area contributed by atoms with E-state index in [4.69, 9.17) is 4.74 Å². The molecule has 4 heteroatoms. The summed E-state index contributed by atoms with van der Waals surface area (Å²) in [7, 11) is 1.74. The first kappa shape index (κ1) is 13.1. The molecule has 4 nitrogen and oxygen atoms in total. The third-order valence-corrected chi connectivity index (χ3v) is 2.52. The number of aromatic nitrogens is 2. The monoisotopic (exact) mass is 223 g/mol. The Bertz CT molecular complexity index is 279. The Morgan fingerprint density at radius 2 is 2.06 bits per heavy atom. The Balaban J connectivity index is 2.60. The van der Waals surface area contributed by atoms with Crippen LogP contribution >= 0.6 is 0 Å². The fraction of sp³-hybridized carbons (Fsp3) is 0.667. The van der Waals surface area contributed by atoms with Gasteiger partial charge in [-0.05, 0) is 18.9 Å². The quantitative estimate of drug-likeness (QED) is 0.765. The molecule has 0 fully saturated rings. The van der Waals surface area contributed by atoms with Gasteiger partial charge < -0.3 is 10.1 Å². The smallest absolute Gasteiger partial charge is 0.115 e. The molecule has 16 heavy (non-hydrogen) atoms. The van der Waals surface area contributed by atoms with Crippen LogP contribution in [0.5, 0.6) is 0 Å². The number of hydrogen-bond acceptors (Lipinski definition) is 4. The fourth-order valence-electron chi connectivity index (χ4n) is 1.83. The first-order valence-corrected chi connectivity index (χ1v) is 5.75. The standard InChI is InChI=1S/C12H21N3O/c1-4-15-12(5-10(2)8-16-3)11-6-13-9-14-7-11/h6-7,9-10,12,15H,4-5,8H2,1-3H3. The molecule has 2 unspecified atom stereocenters. The number of hydrogen-bond donors (Lipinski definition) is 1. The van der Waals surface area contributed by atoms with Gasteiger partial charge in [0.15, 0.2) is 0 Å². The van der Waals surface area contributed by atoms with Crippen LogP contribution in [0.25, 0.3) is 0 Å². The third kappa shape index (κ3) is 4.24. The largest absolute Gasteiger partial charge is 0.384 e. The van der Waals surface area contributed by atoms with E-state index in [1.165, 1.54) is 0 Å². The van der Waals surface area contributed by atoms with Crippen LogP contribution in [-0.2, 0) is 4.74 Å². The van der Waals surface area contributed by atoms with Gasteiger partial charge in [-0.15, -0.1) is 0 Å². The SMILES string of the molecule is CCNC(CC(C)COC)c1cncnc1. The molecule has 0 aliphatic carbocycles. The molecule has 1 aromatic heterocycles. The highest BCUT2D eigenvalue weighted by Crippen LogP contribution is 2.20. The lowest BCUT2D eigenvalue weighted by Gasteiger charge is -2.21. The molecule has 2 atom stereocenters. The van der Waals surface area contributed by atoms with Crippen molar-refractivity contribution in [3.8, 4) is 0 Å². The summed E-state index contributed by atoms with van der Waals surface area (Å²) in [5, 5.41) is 3.45. The van der Waals surface area contributed by atoms with Gasteiger partial charge >= 0.3 is 0 Å². The molecule has 0 aliphatic heterocycles. The summed E-state index contributed by atoms with van der Waals surface area (Å²) in [6.07, 6.45) is 6.35. The lowest BCUT2D eigenvalue weighted by Crippen LogP contribution is -2.24. The van der Waals surface area contributed by atoms with Crippen LogP contribution in [0, 0.1) is 5.92 Å². The number of rotatable bonds is 7. The fourth-order valence-corrected chi connectivity index (χ4v) is 1.83. The van der Waals surface area contributed by atoms with Crippen molar-refractivity contribution in [1.29, 1.82) is 0 Å². The molecule has 0 saturated carbocycles. The Morgan fingerprint density at radius 3 is 2.62 bits per heavy atom. The lowest BCUT2D eigenvalue weighted by atomic mass is 9.98. The van der Waals surface area contributed by atoms with Crippen LogP contribution in [-0.4, -0.2) is 30.2 Å². The van der Waals surface area contributed by atoms with Crippen LogP contribution < -0.4 is 5.32 Å². The summed E-state index contributed by atoms with van der Waals surface area (Å²) in [4.78, 5) is 8.12. The van der Waals surface area contributed by atoms with Crippen LogP contribution in [0.3, 0.4) is 0 Å². The van der Waals surface area contributed by atoms with Crippen molar-refractivity contribution in [3.05, 3.63) is 24.3 Å². The topological polar surface area (TPSA) is 47.0 Å². The summed E-state index contributed by atoms with van der Waals surface area (Å²) < 4.78 is 5.16. The predicted octanol–water partition coefficient (Wildman–Crippen LogP) is 1.80. The van der Waals surface area contributed by atoms with E-state index in [0.717, 1.165) is 25.1 Å². The second kappa shape index (κ2) is 7.30. The maximum atomic E-state index is 5.16. The molecule has 1 heterocycles. The molecular weight excluding hydrogens is 202 g/mol. The maximum absolute atomic E-state index is 5.16. The molecule has 0 radical (unpaired) electrons. The summed E-state index contributed by atoms with van der Waals surface area (Å²) in [6.45, 7) is 6.03. The number of nitrogens with zero attached hydrogens (tertiary/aromatic N) is 2. The van der Waals surface area contributed by atoms with E-state index in [1.54, 1.807) is 13.4 Å². The molecule has 0 bridgehead atoms.